The van der Waals surface area contributed by atoms with Crippen LogP contribution in [0.5, 0.6) is 0 Å². The number of nitrogens with zero attached hydrogens (tertiary/aromatic N) is 2. The Labute approximate surface area is 118 Å². The number of rotatable bonds is 1. The van der Waals surface area contributed by atoms with E-state index in [4.69, 9.17) is 5.73 Å². The second-order valence-corrected chi connectivity index (χ2v) is 7.12. The van der Waals surface area contributed by atoms with E-state index in [0.29, 0.717) is 10.5 Å². The fourth-order valence-electron chi connectivity index (χ4n) is 2.81. The molecule has 2 unspecified atom stereocenters. The number of aromatic nitrogens is 1. The first-order chi connectivity index (χ1) is 9.15. The number of benzene rings is 1. The van der Waals surface area contributed by atoms with Crippen LogP contribution >= 0.6 is 11.8 Å². The molecule has 2 aromatic rings. The standard InChI is InChI=1S/C15H19N3S/c1-10-8-18(9-11(2)19-10)14-6-5-13(16)12-4-3-7-17-15(12)14/h3-7,10-11H,8-9,16H2,1-2H3. The molecule has 19 heavy (non-hydrogen) atoms. The second kappa shape index (κ2) is 4.93. The Morgan fingerprint density at radius 3 is 2.68 bits per heavy atom. The molecule has 0 spiro atoms. The molecule has 1 aromatic heterocycles. The Balaban J connectivity index is 2.07. The molecule has 0 saturated carbocycles. The Bertz CT molecular complexity index is 589. The van der Waals surface area contributed by atoms with Crippen molar-refractivity contribution in [1.29, 1.82) is 0 Å². The van der Waals surface area contributed by atoms with Crippen molar-refractivity contribution in [2.24, 2.45) is 0 Å². The summed E-state index contributed by atoms with van der Waals surface area (Å²) in [4.78, 5) is 6.98. The van der Waals surface area contributed by atoms with E-state index >= 15 is 0 Å². The Kier molecular flexibility index (Phi) is 3.27. The quantitative estimate of drug-likeness (QED) is 0.811. The first kappa shape index (κ1) is 12.6. The number of hydrogen-bond acceptors (Lipinski definition) is 4. The van der Waals surface area contributed by atoms with Crippen LogP contribution < -0.4 is 10.6 Å². The lowest BCUT2D eigenvalue weighted by Crippen LogP contribution is -2.40. The van der Waals surface area contributed by atoms with Gasteiger partial charge in [0.1, 0.15) is 0 Å². The first-order valence-corrected chi connectivity index (χ1v) is 7.63. The molecular weight excluding hydrogens is 254 g/mol. The molecule has 0 amide bonds. The Morgan fingerprint density at radius 2 is 1.95 bits per heavy atom. The minimum absolute atomic E-state index is 0.653. The van der Waals surface area contributed by atoms with E-state index in [9.17, 15) is 0 Å². The highest BCUT2D eigenvalue weighted by molar-refractivity contribution is 8.00. The van der Waals surface area contributed by atoms with E-state index in [2.05, 4.69) is 41.6 Å². The smallest absolute Gasteiger partial charge is 0.0955 e. The van der Waals surface area contributed by atoms with Gasteiger partial charge in [0.05, 0.1) is 11.2 Å². The minimum Gasteiger partial charge on any atom is -0.398 e. The van der Waals surface area contributed by atoms with Gasteiger partial charge in [-0.15, -0.1) is 0 Å². The van der Waals surface area contributed by atoms with E-state index < -0.39 is 0 Å². The van der Waals surface area contributed by atoms with Crippen molar-refractivity contribution in [2.75, 3.05) is 23.7 Å². The molecule has 2 N–H and O–H groups in total. The fraction of sp³-hybridized carbons (Fsp3) is 0.400. The van der Waals surface area contributed by atoms with Crippen molar-refractivity contribution in [3.8, 4) is 0 Å². The van der Waals surface area contributed by atoms with E-state index in [1.807, 2.05) is 24.4 Å². The van der Waals surface area contributed by atoms with Gasteiger partial charge in [0, 0.05) is 40.9 Å². The number of nitrogens with two attached hydrogens (primary N) is 1. The predicted molar refractivity (Wildman–Crippen MR) is 84.9 cm³/mol. The lowest BCUT2D eigenvalue weighted by atomic mass is 10.1. The topological polar surface area (TPSA) is 42.1 Å². The largest absolute Gasteiger partial charge is 0.398 e. The van der Waals surface area contributed by atoms with E-state index in [0.717, 1.165) is 29.7 Å². The summed E-state index contributed by atoms with van der Waals surface area (Å²) in [5.74, 6) is 0. The van der Waals surface area contributed by atoms with Gasteiger partial charge in [0.15, 0.2) is 0 Å². The van der Waals surface area contributed by atoms with Gasteiger partial charge in [-0.3, -0.25) is 4.98 Å². The molecule has 2 heterocycles. The molecule has 1 aromatic carbocycles. The van der Waals surface area contributed by atoms with Gasteiger partial charge in [-0.25, -0.2) is 0 Å². The second-order valence-electron chi connectivity index (χ2n) is 5.24. The number of anilines is 2. The predicted octanol–water partition coefficient (Wildman–Crippen LogP) is 3.15. The zero-order valence-electron chi connectivity index (χ0n) is 11.3. The fourth-order valence-corrected chi connectivity index (χ4v) is 4.13. The number of nitrogen functional groups attached to an aromatic ring is 1. The molecule has 0 radical (unpaired) electrons. The average Bonchev–Trinajstić information content (AvgIpc) is 2.38. The maximum absolute atomic E-state index is 6.05. The van der Waals surface area contributed by atoms with Crippen LogP contribution in [-0.4, -0.2) is 28.6 Å². The summed E-state index contributed by atoms with van der Waals surface area (Å²) >= 11 is 2.06. The van der Waals surface area contributed by atoms with Gasteiger partial charge in [0.25, 0.3) is 0 Å². The summed E-state index contributed by atoms with van der Waals surface area (Å²) in [6, 6.07) is 8.10. The summed E-state index contributed by atoms with van der Waals surface area (Å²) in [5, 5.41) is 2.36. The lowest BCUT2D eigenvalue weighted by Gasteiger charge is -2.36. The van der Waals surface area contributed by atoms with Crippen LogP contribution in [0, 0.1) is 0 Å². The Morgan fingerprint density at radius 1 is 1.21 bits per heavy atom. The van der Waals surface area contributed by atoms with Crippen molar-refractivity contribution in [1.82, 2.24) is 4.98 Å². The van der Waals surface area contributed by atoms with Gasteiger partial charge in [-0.2, -0.15) is 11.8 Å². The molecule has 3 nitrogen and oxygen atoms in total. The van der Waals surface area contributed by atoms with E-state index in [-0.39, 0.29) is 0 Å². The van der Waals surface area contributed by atoms with Crippen molar-refractivity contribution in [3.05, 3.63) is 30.5 Å². The third-order valence-electron chi connectivity index (χ3n) is 3.54. The molecule has 1 saturated heterocycles. The third kappa shape index (κ3) is 2.37. The monoisotopic (exact) mass is 273 g/mol. The van der Waals surface area contributed by atoms with Crippen LogP contribution in [0.2, 0.25) is 0 Å². The highest BCUT2D eigenvalue weighted by atomic mass is 32.2. The number of thioether (sulfide) groups is 1. The maximum atomic E-state index is 6.05. The molecule has 0 aliphatic carbocycles. The van der Waals surface area contributed by atoms with Gasteiger partial charge in [-0.1, -0.05) is 13.8 Å². The molecule has 1 aliphatic rings. The number of fused-ring (bicyclic) bond motifs is 1. The van der Waals surface area contributed by atoms with Crippen molar-refractivity contribution in [2.45, 2.75) is 24.3 Å². The molecule has 1 aliphatic heterocycles. The molecule has 3 rings (SSSR count). The molecule has 1 fully saturated rings. The molecule has 100 valence electrons. The lowest BCUT2D eigenvalue weighted by molar-refractivity contribution is 0.730. The van der Waals surface area contributed by atoms with Crippen LogP contribution in [0.3, 0.4) is 0 Å². The van der Waals surface area contributed by atoms with Crippen molar-refractivity contribution >= 4 is 34.0 Å². The minimum atomic E-state index is 0.653. The number of hydrogen-bond donors (Lipinski definition) is 1. The van der Waals surface area contributed by atoms with Crippen molar-refractivity contribution < 1.29 is 0 Å². The van der Waals surface area contributed by atoms with Crippen LogP contribution in [0.1, 0.15) is 13.8 Å². The summed E-state index contributed by atoms with van der Waals surface area (Å²) in [6.07, 6.45) is 1.84. The Hall–Kier alpha value is -1.42. The summed E-state index contributed by atoms with van der Waals surface area (Å²) in [6.45, 7) is 6.73. The zero-order chi connectivity index (χ0) is 13.4. The highest BCUT2D eigenvalue weighted by Gasteiger charge is 2.24. The van der Waals surface area contributed by atoms with Crippen LogP contribution in [0.25, 0.3) is 10.9 Å². The zero-order valence-corrected chi connectivity index (χ0v) is 12.2. The van der Waals surface area contributed by atoms with Gasteiger partial charge in [-0.05, 0) is 24.3 Å². The third-order valence-corrected chi connectivity index (χ3v) is 4.77. The van der Waals surface area contributed by atoms with Crippen LogP contribution in [0.4, 0.5) is 11.4 Å². The van der Waals surface area contributed by atoms with E-state index in [1.54, 1.807) is 0 Å². The highest BCUT2D eigenvalue weighted by Crippen LogP contribution is 2.33. The molecule has 4 heteroatoms. The van der Waals surface area contributed by atoms with Gasteiger partial charge >= 0.3 is 0 Å². The maximum Gasteiger partial charge on any atom is 0.0955 e. The SMILES string of the molecule is CC1CN(c2ccc(N)c3cccnc23)CC(C)S1. The molecular formula is C15H19N3S. The molecule has 2 atom stereocenters. The summed E-state index contributed by atoms with van der Waals surface area (Å²) in [5.41, 5.74) is 9.09. The van der Waals surface area contributed by atoms with Gasteiger partial charge < -0.3 is 10.6 Å². The summed E-state index contributed by atoms with van der Waals surface area (Å²) < 4.78 is 0. The normalized spacial score (nSPS) is 23.8. The van der Waals surface area contributed by atoms with Crippen LogP contribution in [0.15, 0.2) is 30.5 Å². The first-order valence-electron chi connectivity index (χ1n) is 6.69. The molecule has 0 bridgehead atoms. The number of pyridine rings is 1. The average molecular weight is 273 g/mol. The van der Waals surface area contributed by atoms with Crippen LogP contribution in [-0.2, 0) is 0 Å². The van der Waals surface area contributed by atoms with Gasteiger partial charge in [0.2, 0.25) is 0 Å². The van der Waals surface area contributed by atoms with E-state index in [1.165, 1.54) is 5.69 Å². The summed E-state index contributed by atoms with van der Waals surface area (Å²) in [7, 11) is 0. The van der Waals surface area contributed by atoms with Crippen molar-refractivity contribution in [3.63, 3.8) is 0 Å².